The summed E-state index contributed by atoms with van der Waals surface area (Å²) in [6.45, 7) is 6.78. The van der Waals surface area contributed by atoms with Gasteiger partial charge in [-0.1, -0.05) is 32.8 Å². The van der Waals surface area contributed by atoms with Crippen LogP contribution < -0.4 is 19.5 Å². The molecule has 248 valence electrons. The fourth-order valence-corrected chi connectivity index (χ4v) is 5.69. The minimum atomic E-state index is -6.01. The van der Waals surface area contributed by atoms with Gasteiger partial charge >= 0.3 is 18.4 Å². The number of benzene rings is 2. The fraction of sp³-hybridized carbons (Fsp3) is 0.548. The van der Waals surface area contributed by atoms with Gasteiger partial charge in [-0.2, -0.15) is 26.3 Å². The van der Waals surface area contributed by atoms with Gasteiger partial charge in [0, 0.05) is 11.6 Å². The van der Waals surface area contributed by atoms with Gasteiger partial charge in [0.05, 0.1) is 6.61 Å². The second kappa shape index (κ2) is 12.6. The number of nitrogens with one attached hydrogen (secondary N) is 1. The molecule has 2 aromatic rings. The Morgan fingerprint density at radius 2 is 1.56 bits per heavy atom. The molecule has 2 aromatic carbocycles. The van der Waals surface area contributed by atoms with E-state index in [-0.39, 0.29) is 43.1 Å². The van der Waals surface area contributed by atoms with Crippen molar-refractivity contribution in [2.75, 3.05) is 13.4 Å². The van der Waals surface area contributed by atoms with Crippen LogP contribution in [0.1, 0.15) is 75.6 Å². The van der Waals surface area contributed by atoms with Gasteiger partial charge in [0.15, 0.2) is 11.5 Å². The molecule has 0 radical (unpaired) electrons. The molecule has 0 bridgehead atoms. The van der Waals surface area contributed by atoms with Gasteiger partial charge in [-0.15, -0.1) is 0 Å². The maximum absolute atomic E-state index is 13.7. The van der Waals surface area contributed by atoms with Crippen molar-refractivity contribution in [3.05, 3.63) is 52.6 Å². The number of halogens is 6. The first-order valence-corrected chi connectivity index (χ1v) is 14.7. The number of ether oxygens (including phenoxy) is 3. The van der Waals surface area contributed by atoms with Gasteiger partial charge in [-0.25, -0.2) is 4.79 Å². The quantitative estimate of drug-likeness (QED) is 0.152. The molecule has 2 unspecified atom stereocenters. The second-order valence-electron chi connectivity index (χ2n) is 11.5. The van der Waals surface area contributed by atoms with E-state index in [2.05, 4.69) is 5.32 Å². The minimum absolute atomic E-state index is 0.0169. The standard InChI is InChI=1S/C31H36F6N2O6/c1-5-8-19-14-22(29(42,30(32,33)34)31(35,36)37)15-20(9-6-2)25(19)43-13-7-10-18(3)39-26(40)28(4,38-27(39)41)21-11-12-23-24(16-21)45-17-44-23/h11-12,14-16,18,42H,5-10,13,17H2,1-4H3,(H,38,41). The maximum atomic E-state index is 13.7. The number of amides is 3. The number of carbonyl (C=O) groups excluding carboxylic acids is 2. The number of fused-ring (bicyclic) bond motifs is 1. The van der Waals surface area contributed by atoms with Crippen LogP contribution in [0, 0.1) is 0 Å². The van der Waals surface area contributed by atoms with E-state index in [1.165, 1.54) is 0 Å². The Hall–Kier alpha value is -3.68. The predicted molar refractivity (Wildman–Crippen MR) is 150 cm³/mol. The molecule has 0 saturated carbocycles. The van der Waals surface area contributed by atoms with Crippen molar-refractivity contribution in [3.63, 3.8) is 0 Å². The molecule has 2 aliphatic heterocycles. The summed E-state index contributed by atoms with van der Waals surface area (Å²) >= 11 is 0. The van der Waals surface area contributed by atoms with Gasteiger partial charge in [0.2, 0.25) is 6.79 Å². The molecule has 1 saturated heterocycles. The van der Waals surface area contributed by atoms with Crippen LogP contribution in [0.15, 0.2) is 30.3 Å². The van der Waals surface area contributed by atoms with E-state index in [9.17, 15) is 41.0 Å². The molecule has 8 nitrogen and oxygen atoms in total. The van der Waals surface area contributed by atoms with E-state index in [1.807, 2.05) is 0 Å². The van der Waals surface area contributed by atoms with Crippen molar-refractivity contribution in [1.82, 2.24) is 10.2 Å². The van der Waals surface area contributed by atoms with Gasteiger partial charge in [-0.05, 0) is 80.5 Å². The number of rotatable bonds is 12. The van der Waals surface area contributed by atoms with Crippen molar-refractivity contribution in [3.8, 4) is 17.2 Å². The molecule has 2 heterocycles. The molecule has 2 N–H and O–H groups in total. The zero-order valence-corrected chi connectivity index (χ0v) is 25.3. The van der Waals surface area contributed by atoms with E-state index in [0.29, 0.717) is 54.9 Å². The molecule has 0 aromatic heterocycles. The van der Waals surface area contributed by atoms with Gasteiger partial charge in [0.1, 0.15) is 11.3 Å². The summed E-state index contributed by atoms with van der Waals surface area (Å²) in [7, 11) is 0. The van der Waals surface area contributed by atoms with E-state index < -0.39 is 47.0 Å². The lowest BCUT2D eigenvalue weighted by molar-refractivity contribution is -0.376. The Labute approximate surface area is 256 Å². The molecule has 1 fully saturated rings. The normalized spacial score (nSPS) is 19.2. The topological polar surface area (TPSA) is 97.3 Å². The van der Waals surface area contributed by atoms with Crippen LogP contribution in [0.3, 0.4) is 0 Å². The Bertz CT molecular complexity index is 1390. The Morgan fingerprint density at radius 3 is 2.11 bits per heavy atom. The molecule has 3 amide bonds. The number of hydrogen-bond donors (Lipinski definition) is 2. The summed E-state index contributed by atoms with van der Waals surface area (Å²) in [5.74, 6) is 0.693. The second-order valence-corrected chi connectivity index (χ2v) is 11.5. The fourth-order valence-electron chi connectivity index (χ4n) is 5.69. The first-order valence-electron chi connectivity index (χ1n) is 14.7. The SMILES string of the molecule is CCCc1cc(C(O)(C(F)(F)F)C(F)(F)F)cc(CCC)c1OCCCC(C)N1C(=O)NC(C)(c2ccc3c(c2)OCO3)C1=O. The van der Waals surface area contributed by atoms with Crippen LogP contribution in [0.2, 0.25) is 0 Å². The van der Waals surface area contributed by atoms with E-state index in [0.717, 1.165) is 4.90 Å². The van der Waals surface area contributed by atoms with E-state index in [1.54, 1.807) is 45.9 Å². The van der Waals surface area contributed by atoms with Gasteiger partial charge < -0.3 is 24.6 Å². The third-order valence-corrected chi connectivity index (χ3v) is 8.15. The zero-order valence-electron chi connectivity index (χ0n) is 25.3. The third-order valence-electron chi connectivity index (χ3n) is 8.15. The van der Waals surface area contributed by atoms with Crippen LogP contribution in [0.25, 0.3) is 0 Å². The summed E-state index contributed by atoms with van der Waals surface area (Å²) in [4.78, 5) is 27.5. The average Bonchev–Trinajstić information content (AvgIpc) is 3.51. The van der Waals surface area contributed by atoms with Crippen LogP contribution in [0.5, 0.6) is 17.2 Å². The van der Waals surface area contributed by atoms with Crippen LogP contribution >= 0.6 is 0 Å². The number of aliphatic hydroxyl groups is 1. The minimum Gasteiger partial charge on any atom is -0.493 e. The Balaban J connectivity index is 1.49. The molecule has 0 aliphatic carbocycles. The summed E-state index contributed by atoms with van der Waals surface area (Å²) in [6.07, 6.45) is -10.4. The highest BCUT2D eigenvalue weighted by Crippen LogP contribution is 2.51. The molecule has 2 aliphatic rings. The van der Waals surface area contributed by atoms with Crippen LogP contribution in [0.4, 0.5) is 31.1 Å². The highest BCUT2D eigenvalue weighted by atomic mass is 19.4. The number of carbonyl (C=O) groups is 2. The smallest absolute Gasteiger partial charge is 0.430 e. The lowest BCUT2D eigenvalue weighted by Gasteiger charge is -2.33. The Kier molecular flexibility index (Phi) is 9.58. The molecule has 2 atom stereocenters. The highest BCUT2D eigenvalue weighted by Gasteiger charge is 2.71. The number of aryl methyl sites for hydroxylation is 2. The summed E-state index contributed by atoms with van der Waals surface area (Å²) in [6, 6.07) is 5.26. The zero-order chi connectivity index (χ0) is 33.4. The molecular formula is C31H36F6N2O6. The number of alkyl halides is 6. The molecule has 45 heavy (non-hydrogen) atoms. The first kappa shape index (κ1) is 34.2. The van der Waals surface area contributed by atoms with Gasteiger partial charge in [-0.3, -0.25) is 9.69 Å². The predicted octanol–water partition coefficient (Wildman–Crippen LogP) is 6.65. The first-order chi connectivity index (χ1) is 21.0. The lowest BCUT2D eigenvalue weighted by Crippen LogP contribution is -2.54. The van der Waals surface area contributed by atoms with Crippen molar-refractivity contribution < 1.29 is 55.2 Å². The number of hydrogen-bond acceptors (Lipinski definition) is 6. The Morgan fingerprint density at radius 1 is 0.978 bits per heavy atom. The number of imide groups is 1. The van der Waals surface area contributed by atoms with Crippen molar-refractivity contribution in [2.24, 2.45) is 0 Å². The molecular weight excluding hydrogens is 610 g/mol. The van der Waals surface area contributed by atoms with Crippen molar-refractivity contribution in [2.45, 2.75) is 95.8 Å². The average molecular weight is 647 g/mol. The number of urea groups is 1. The van der Waals surface area contributed by atoms with E-state index >= 15 is 0 Å². The third kappa shape index (κ3) is 6.25. The van der Waals surface area contributed by atoms with Crippen molar-refractivity contribution in [1.29, 1.82) is 0 Å². The molecule has 14 heteroatoms. The van der Waals surface area contributed by atoms with Crippen LogP contribution in [-0.4, -0.2) is 53.7 Å². The van der Waals surface area contributed by atoms with Gasteiger partial charge in [0.25, 0.3) is 11.5 Å². The number of nitrogens with zero attached hydrogens (tertiary/aromatic N) is 1. The maximum Gasteiger partial charge on any atom is 0.430 e. The van der Waals surface area contributed by atoms with E-state index in [4.69, 9.17) is 14.2 Å². The lowest BCUT2D eigenvalue weighted by atomic mass is 9.87. The van der Waals surface area contributed by atoms with Crippen molar-refractivity contribution >= 4 is 11.9 Å². The summed E-state index contributed by atoms with van der Waals surface area (Å²) in [5, 5.41) is 12.8. The monoisotopic (exact) mass is 646 g/mol. The van der Waals surface area contributed by atoms with Crippen LogP contribution in [-0.2, 0) is 28.8 Å². The molecule has 0 spiro atoms. The summed E-state index contributed by atoms with van der Waals surface area (Å²) in [5.41, 5.74) is -6.94. The highest BCUT2D eigenvalue weighted by molar-refractivity contribution is 6.07. The largest absolute Gasteiger partial charge is 0.493 e. The summed E-state index contributed by atoms with van der Waals surface area (Å²) < 4.78 is 98.6. The molecule has 4 rings (SSSR count).